The molecule has 1 saturated heterocycles. The Hall–Kier alpha value is -3.09. The average Bonchev–Trinajstić information content (AvgIpc) is 3.12. The van der Waals surface area contributed by atoms with Crippen LogP contribution in [0, 0.1) is 0 Å². The smallest absolute Gasteiger partial charge is 0.325 e. The third-order valence-corrected chi connectivity index (χ3v) is 4.20. The lowest BCUT2D eigenvalue weighted by Gasteiger charge is -2.13. The van der Waals surface area contributed by atoms with E-state index in [4.69, 9.17) is 0 Å². The Kier molecular flexibility index (Phi) is 4.83. The summed E-state index contributed by atoms with van der Waals surface area (Å²) in [6.07, 6.45) is 1.82. The predicted octanol–water partition coefficient (Wildman–Crippen LogP) is 1.15. The molecule has 0 bridgehead atoms. The number of imide groups is 1. The van der Waals surface area contributed by atoms with E-state index in [9.17, 15) is 14.4 Å². The second-order valence-corrected chi connectivity index (χ2v) is 6.00. The first-order valence-corrected chi connectivity index (χ1v) is 8.07. The second-order valence-electron chi connectivity index (χ2n) is 6.00. The summed E-state index contributed by atoms with van der Waals surface area (Å²) in [4.78, 5) is 37.7. The molecule has 2 heterocycles. The fourth-order valence-electron chi connectivity index (χ4n) is 2.76. The van der Waals surface area contributed by atoms with Crippen LogP contribution in [0.2, 0.25) is 0 Å². The lowest BCUT2D eigenvalue weighted by atomic mass is 10.1. The molecule has 1 aliphatic rings. The molecular weight excluding hydrogens is 320 g/mol. The highest BCUT2D eigenvalue weighted by molar-refractivity contribution is 6.05. The number of hydrogen-bond donors (Lipinski definition) is 2. The summed E-state index contributed by atoms with van der Waals surface area (Å²) < 4.78 is 1.91. The van der Waals surface area contributed by atoms with Crippen LogP contribution in [0.1, 0.15) is 17.7 Å². The van der Waals surface area contributed by atoms with Gasteiger partial charge < -0.3 is 15.2 Å². The third-order valence-electron chi connectivity index (χ3n) is 4.20. The van der Waals surface area contributed by atoms with Crippen molar-refractivity contribution in [1.82, 2.24) is 20.1 Å². The highest BCUT2D eigenvalue weighted by Crippen LogP contribution is 2.14. The zero-order chi connectivity index (χ0) is 17.8. The van der Waals surface area contributed by atoms with Crippen LogP contribution in [0.25, 0.3) is 0 Å². The van der Waals surface area contributed by atoms with Crippen molar-refractivity contribution in [2.75, 3.05) is 0 Å². The van der Waals surface area contributed by atoms with Crippen LogP contribution in [-0.2, 0) is 29.7 Å². The van der Waals surface area contributed by atoms with E-state index < -0.39 is 12.1 Å². The maximum absolute atomic E-state index is 12.4. The maximum atomic E-state index is 12.4. The van der Waals surface area contributed by atoms with Crippen LogP contribution in [0.3, 0.4) is 0 Å². The predicted molar refractivity (Wildman–Crippen MR) is 91.2 cm³/mol. The van der Waals surface area contributed by atoms with Gasteiger partial charge in [-0.1, -0.05) is 30.3 Å². The Morgan fingerprint density at radius 1 is 1.16 bits per heavy atom. The summed E-state index contributed by atoms with van der Waals surface area (Å²) in [7, 11) is 1.89. The van der Waals surface area contributed by atoms with Gasteiger partial charge in [-0.15, -0.1) is 0 Å². The van der Waals surface area contributed by atoms with Gasteiger partial charge >= 0.3 is 6.03 Å². The quantitative estimate of drug-likeness (QED) is 0.774. The number of amides is 4. The number of rotatable bonds is 6. The zero-order valence-electron chi connectivity index (χ0n) is 13.9. The van der Waals surface area contributed by atoms with Crippen molar-refractivity contribution in [2.45, 2.75) is 25.6 Å². The molecule has 2 aromatic rings. The van der Waals surface area contributed by atoms with E-state index in [-0.39, 0.29) is 24.8 Å². The van der Waals surface area contributed by atoms with E-state index in [0.717, 1.165) is 16.2 Å². The second kappa shape index (κ2) is 7.21. The summed E-state index contributed by atoms with van der Waals surface area (Å²) in [5.74, 6) is -0.649. The van der Waals surface area contributed by atoms with E-state index in [2.05, 4.69) is 10.6 Å². The Morgan fingerprint density at radius 2 is 1.92 bits per heavy atom. The highest BCUT2D eigenvalue weighted by Gasteiger charge is 2.38. The summed E-state index contributed by atoms with van der Waals surface area (Å²) in [6.45, 7) is 0.581. The minimum absolute atomic E-state index is 0.0692. The first-order chi connectivity index (χ1) is 12.0. The fourth-order valence-corrected chi connectivity index (χ4v) is 2.76. The normalized spacial score (nSPS) is 16.8. The number of nitrogens with zero attached hydrogens (tertiary/aromatic N) is 2. The number of aromatic nitrogens is 1. The van der Waals surface area contributed by atoms with Gasteiger partial charge in [0.25, 0.3) is 5.91 Å². The van der Waals surface area contributed by atoms with E-state index >= 15 is 0 Å². The van der Waals surface area contributed by atoms with Gasteiger partial charge in [0.15, 0.2) is 0 Å². The van der Waals surface area contributed by atoms with Gasteiger partial charge in [-0.25, -0.2) is 4.79 Å². The lowest BCUT2D eigenvalue weighted by molar-refractivity contribution is -0.131. The molecule has 2 N–H and O–H groups in total. The molecule has 1 fully saturated rings. The summed E-state index contributed by atoms with van der Waals surface area (Å²) in [5, 5.41) is 5.35. The first kappa shape index (κ1) is 16.8. The summed E-state index contributed by atoms with van der Waals surface area (Å²) >= 11 is 0. The SMILES string of the molecule is Cn1cccc1CNC(=O)C[C@@H]1NC(=O)N(Cc2ccccc2)C1=O. The molecule has 1 aromatic carbocycles. The number of urea groups is 1. The molecule has 0 spiro atoms. The van der Waals surface area contributed by atoms with E-state index in [0.29, 0.717) is 6.54 Å². The van der Waals surface area contributed by atoms with Gasteiger partial charge in [0.05, 0.1) is 19.5 Å². The van der Waals surface area contributed by atoms with Crippen LogP contribution in [0.5, 0.6) is 0 Å². The molecule has 0 radical (unpaired) electrons. The largest absolute Gasteiger partial charge is 0.353 e. The molecule has 130 valence electrons. The minimum atomic E-state index is -0.815. The van der Waals surface area contributed by atoms with E-state index in [1.54, 1.807) is 0 Å². The van der Waals surface area contributed by atoms with Gasteiger partial charge in [0.1, 0.15) is 6.04 Å². The van der Waals surface area contributed by atoms with Crippen molar-refractivity contribution < 1.29 is 14.4 Å². The molecule has 1 aliphatic heterocycles. The Morgan fingerprint density at radius 3 is 2.60 bits per heavy atom. The van der Waals surface area contributed by atoms with Gasteiger partial charge in [-0.3, -0.25) is 14.5 Å². The van der Waals surface area contributed by atoms with Gasteiger partial charge in [0, 0.05) is 18.9 Å². The van der Waals surface area contributed by atoms with Crippen molar-refractivity contribution in [3.05, 3.63) is 59.9 Å². The molecule has 7 nitrogen and oxygen atoms in total. The highest BCUT2D eigenvalue weighted by atomic mass is 16.2. The number of hydrogen-bond acceptors (Lipinski definition) is 3. The fraction of sp³-hybridized carbons (Fsp3) is 0.278. The molecule has 0 aliphatic carbocycles. The molecule has 3 rings (SSSR count). The number of aryl methyl sites for hydroxylation is 1. The van der Waals surface area contributed by atoms with Crippen molar-refractivity contribution in [3.63, 3.8) is 0 Å². The topological polar surface area (TPSA) is 83.4 Å². The summed E-state index contributed by atoms with van der Waals surface area (Å²) in [6, 6.07) is 11.8. The molecule has 1 atom stereocenters. The number of carbonyl (C=O) groups is 3. The molecule has 1 aromatic heterocycles. The average molecular weight is 340 g/mol. The van der Waals surface area contributed by atoms with Crippen LogP contribution in [0.4, 0.5) is 4.79 Å². The van der Waals surface area contributed by atoms with Crippen molar-refractivity contribution in [3.8, 4) is 0 Å². The van der Waals surface area contributed by atoms with Crippen LogP contribution >= 0.6 is 0 Å². The monoisotopic (exact) mass is 340 g/mol. The van der Waals surface area contributed by atoms with Crippen molar-refractivity contribution in [1.29, 1.82) is 0 Å². The molecule has 0 unspecified atom stereocenters. The lowest BCUT2D eigenvalue weighted by Crippen LogP contribution is -2.36. The van der Waals surface area contributed by atoms with Gasteiger partial charge in [-0.05, 0) is 17.7 Å². The van der Waals surface area contributed by atoms with Crippen LogP contribution in [0.15, 0.2) is 48.7 Å². The zero-order valence-corrected chi connectivity index (χ0v) is 13.9. The maximum Gasteiger partial charge on any atom is 0.325 e. The van der Waals surface area contributed by atoms with Crippen molar-refractivity contribution >= 4 is 17.8 Å². The first-order valence-electron chi connectivity index (χ1n) is 8.07. The Balaban J connectivity index is 1.54. The molecule has 0 saturated carbocycles. The number of benzene rings is 1. The van der Waals surface area contributed by atoms with Crippen molar-refractivity contribution in [2.24, 2.45) is 7.05 Å². The van der Waals surface area contributed by atoms with Crippen LogP contribution < -0.4 is 10.6 Å². The molecule has 25 heavy (non-hydrogen) atoms. The summed E-state index contributed by atoms with van der Waals surface area (Å²) in [5.41, 5.74) is 1.82. The van der Waals surface area contributed by atoms with Gasteiger partial charge in [-0.2, -0.15) is 0 Å². The Labute approximate surface area is 145 Å². The molecule has 7 heteroatoms. The minimum Gasteiger partial charge on any atom is -0.353 e. The van der Waals surface area contributed by atoms with E-state index in [1.807, 2.05) is 60.3 Å². The third kappa shape index (κ3) is 3.88. The number of nitrogens with one attached hydrogen (secondary N) is 2. The van der Waals surface area contributed by atoms with Gasteiger partial charge in [0.2, 0.25) is 5.91 Å². The molecular formula is C18H20N4O3. The number of carbonyl (C=O) groups excluding carboxylic acids is 3. The molecule has 4 amide bonds. The van der Waals surface area contributed by atoms with E-state index in [1.165, 1.54) is 0 Å². The standard InChI is InChI=1S/C18H20N4O3/c1-21-9-5-8-14(21)11-19-16(23)10-15-17(24)22(18(25)20-15)12-13-6-3-2-4-7-13/h2-9,15H,10-12H2,1H3,(H,19,23)(H,20,25)/t15-/m0/s1. The van der Waals surface area contributed by atoms with Crippen LogP contribution in [-0.4, -0.2) is 33.4 Å². The Bertz CT molecular complexity index is 785.